The molecule has 5 nitrogen and oxygen atoms in total. The van der Waals surface area contributed by atoms with Gasteiger partial charge in [-0.15, -0.1) is 12.4 Å². The van der Waals surface area contributed by atoms with Crippen LogP contribution in [0.5, 0.6) is 0 Å². The summed E-state index contributed by atoms with van der Waals surface area (Å²) < 4.78 is 14.0. The number of benzene rings is 1. The fraction of sp³-hybridized carbons (Fsp3) is 0.560. The average molecular weight is 461 g/mol. The van der Waals surface area contributed by atoms with Gasteiger partial charge in [-0.2, -0.15) is 0 Å². The largest absolute Gasteiger partial charge is 0.354 e. The van der Waals surface area contributed by atoms with E-state index < -0.39 is 0 Å². The lowest BCUT2D eigenvalue weighted by atomic mass is 9.89. The SMILES string of the molecule is CC(C)(C)c1nccc([C@H]2C[C@@H](C(=O)NCC3CCCC3)N[C@H]2c2cccc(F)c2)n1.Cl. The van der Waals surface area contributed by atoms with Crippen molar-refractivity contribution in [3.63, 3.8) is 0 Å². The van der Waals surface area contributed by atoms with E-state index in [4.69, 9.17) is 4.98 Å². The molecule has 0 bridgehead atoms. The van der Waals surface area contributed by atoms with Gasteiger partial charge >= 0.3 is 0 Å². The van der Waals surface area contributed by atoms with Crippen molar-refractivity contribution < 1.29 is 9.18 Å². The van der Waals surface area contributed by atoms with Crippen LogP contribution in [-0.2, 0) is 10.2 Å². The average Bonchev–Trinajstić information content (AvgIpc) is 3.42. The fourth-order valence-corrected chi connectivity index (χ4v) is 4.82. The van der Waals surface area contributed by atoms with Crippen LogP contribution >= 0.6 is 12.4 Å². The fourth-order valence-electron chi connectivity index (χ4n) is 4.82. The Morgan fingerprint density at radius 1 is 1.22 bits per heavy atom. The minimum absolute atomic E-state index is 0. The molecule has 0 spiro atoms. The third-order valence-corrected chi connectivity index (χ3v) is 6.56. The Bertz CT molecular complexity index is 926. The standard InChI is InChI=1S/C25H33FN4O.ClH/c1-25(2,3)24-27-12-11-20(30-24)19-14-21(23(31)28-15-16-7-4-5-8-16)29-22(19)17-9-6-10-18(26)13-17;/h6,9-13,16,19,21-22,29H,4-5,7-8,14-15H2,1-3H3,(H,28,31);1H/t19-,21+,22+;/m1./s1. The number of halogens is 2. The minimum Gasteiger partial charge on any atom is -0.354 e. The lowest BCUT2D eigenvalue weighted by Gasteiger charge is -2.22. The summed E-state index contributed by atoms with van der Waals surface area (Å²) in [6.07, 6.45) is 7.33. The summed E-state index contributed by atoms with van der Waals surface area (Å²) in [5, 5.41) is 6.63. The lowest BCUT2D eigenvalue weighted by molar-refractivity contribution is -0.123. The van der Waals surface area contributed by atoms with Crippen LogP contribution in [0.3, 0.4) is 0 Å². The van der Waals surface area contributed by atoms with E-state index in [1.54, 1.807) is 18.3 Å². The molecule has 1 amide bonds. The van der Waals surface area contributed by atoms with Gasteiger partial charge in [0, 0.05) is 35.8 Å². The normalized spacial score (nSPS) is 23.7. The smallest absolute Gasteiger partial charge is 0.237 e. The molecule has 1 aromatic carbocycles. The molecule has 1 aliphatic heterocycles. The van der Waals surface area contributed by atoms with Gasteiger partial charge in [-0.05, 0) is 48.9 Å². The van der Waals surface area contributed by atoms with Crippen molar-refractivity contribution in [2.24, 2.45) is 5.92 Å². The molecule has 1 aromatic heterocycles. The van der Waals surface area contributed by atoms with E-state index in [-0.39, 0.29) is 47.5 Å². The number of amides is 1. The van der Waals surface area contributed by atoms with Crippen LogP contribution in [0.15, 0.2) is 36.5 Å². The molecule has 0 radical (unpaired) electrons. The van der Waals surface area contributed by atoms with Gasteiger partial charge in [-0.3, -0.25) is 10.1 Å². The summed E-state index contributed by atoms with van der Waals surface area (Å²) in [4.78, 5) is 22.3. The van der Waals surface area contributed by atoms with Crippen molar-refractivity contribution in [1.29, 1.82) is 0 Å². The van der Waals surface area contributed by atoms with Crippen LogP contribution in [0.2, 0.25) is 0 Å². The second kappa shape index (κ2) is 10.3. The van der Waals surface area contributed by atoms with Crippen molar-refractivity contribution in [2.45, 2.75) is 76.3 Å². The molecule has 2 aromatic rings. The highest BCUT2D eigenvalue weighted by Gasteiger charge is 2.40. The van der Waals surface area contributed by atoms with Crippen LogP contribution in [0.25, 0.3) is 0 Å². The Labute approximate surface area is 196 Å². The first-order valence-corrected chi connectivity index (χ1v) is 11.4. The third-order valence-electron chi connectivity index (χ3n) is 6.56. The number of nitrogens with zero attached hydrogens (tertiary/aromatic N) is 2. The molecule has 3 atom stereocenters. The minimum atomic E-state index is -0.326. The Morgan fingerprint density at radius 3 is 2.66 bits per heavy atom. The molecule has 2 N–H and O–H groups in total. The molecule has 4 rings (SSSR count). The van der Waals surface area contributed by atoms with Crippen molar-refractivity contribution in [1.82, 2.24) is 20.6 Å². The first-order valence-electron chi connectivity index (χ1n) is 11.4. The van der Waals surface area contributed by atoms with Crippen LogP contribution < -0.4 is 10.6 Å². The van der Waals surface area contributed by atoms with E-state index in [2.05, 4.69) is 36.4 Å². The number of hydrogen-bond acceptors (Lipinski definition) is 4. The van der Waals surface area contributed by atoms with E-state index in [0.29, 0.717) is 12.3 Å². The molecule has 0 unspecified atom stereocenters. The first kappa shape index (κ1) is 24.6. The Morgan fingerprint density at radius 2 is 1.97 bits per heavy atom. The van der Waals surface area contributed by atoms with E-state index in [0.717, 1.165) is 23.6 Å². The maximum absolute atomic E-state index is 14.0. The second-order valence-corrected chi connectivity index (χ2v) is 10.0. The van der Waals surface area contributed by atoms with E-state index in [1.165, 1.54) is 31.7 Å². The zero-order chi connectivity index (χ0) is 22.0. The molecule has 2 heterocycles. The molecular formula is C25H34ClFN4O. The van der Waals surface area contributed by atoms with Crippen LogP contribution in [-0.4, -0.2) is 28.5 Å². The molecule has 1 saturated heterocycles. The van der Waals surface area contributed by atoms with Gasteiger partial charge in [0.2, 0.25) is 5.91 Å². The zero-order valence-corrected chi connectivity index (χ0v) is 19.9. The van der Waals surface area contributed by atoms with Gasteiger partial charge in [0.25, 0.3) is 0 Å². The molecule has 32 heavy (non-hydrogen) atoms. The molecule has 1 saturated carbocycles. The summed E-state index contributed by atoms with van der Waals surface area (Å²) in [5.41, 5.74) is 1.56. The van der Waals surface area contributed by atoms with Crippen molar-refractivity contribution in [3.8, 4) is 0 Å². The molecular weight excluding hydrogens is 427 g/mol. The molecule has 2 fully saturated rings. The third kappa shape index (κ3) is 5.65. The highest BCUT2D eigenvalue weighted by Crippen LogP contribution is 2.40. The number of carbonyl (C=O) groups excluding carboxylic acids is 1. The summed E-state index contributed by atoms with van der Waals surface area (Å²) >= 11 is 0. The maximum Gasteiger partial charge on any atom is 0.237 e. The van der Waals surface area contributed by atoms with Gasteiger partial charge in [-0.1, -0.05) is 45.7 Å². The monoisotopic (exact) mass is 460 g/mol. The van der Waals surface area contributed by atoms with Gasteiger partial charge in [0.1, 0.15) is 11.6 Å². The zero-order valence-electron chi connectivity index (χ0n) is 19.1. The van der Waals surface area contributed by atoms with Gasteiger partial charge < -0.3 is 5.32 Å². The number of rotatable bonds is 5. The molecule has 1 aliphatic carbocycles. The van der Waals surface area contributed by atoms with Crippen LogP contribution in [0.4, 0.5) is 4.39 Å². The van der Waals surface area contributed by atoms with Gasteiger partial charge in [-0.25, -0.2) is 14.4 Å². The highest BCUT2D eigenvalue weighted by molar-refractivity contribution is 5.85. The first-order chi connectivity index (χ1) is 14.8. The Balaban J connectivity index is 0.00000289. The van der Waals surface area contributed by atoms with E-state index in [1.807, 2.05) is 12.1 Å². The lowest BCUT2D eigenvalue weighted by Crippen LogP contribution is -2.42. The summed E-state index contributed by atoms with van der Waals surface area (Å²) in [6.45, 7) is 7.00. The van der Waals surface area contributed by atoms with Crippen LogP contribution in [0, 0.1) is 11.7 Å². The van der Waals surface area contributed by atoms with Gasteiger partial charge in [0.15, 0.2) is 0 Å². The predicted octanol–water partition coefficient (Wildman–Crippen LogP) is 4.83. The van der Waals surface area contributed by atoms with E-state index >= 15 is 0 Å². The molecule has 174 valence electrons. The number of hydrogen-bond donors (Lipinski definition) is 2. The second-order valence-electron chi connectivity index (χ2n) is 10.0. The number of carbonyl (C=O) groups is 1. The Kier molecular flexibility index (Phi) is 7.88. The van der Waals surface area contributed by atoms with Gasteiger partial charge in [0.05, 0.1) is 6.04 Å². The van der Waals surface area contributed by atoms with Crippen molar-refractivity contribution in [2.75, 3.05) is 6.54 Å². The van der Waals surface area contributed by atoms with E-state index in [9.17, 15) is 9.18 Å². The Hall–Kier alpha value is -2.05. The summed E-state index contributed by atoms with van der Waals surface area (Å²) in [6, 6.07) is 8.05. The summed E-state index contributed by atoms with van der Waals surface area (Å²) in [7, 11) is 0. The number of aromatic nitrogens is 2. The number of nitrogens with one attached hydrogen (secondary N) is 2. The highest BCUT2D eigenvalue weighted by atomic mass is 35.5. The quantitative estimate of drug-likeness (QED) is 0.670. The van der Waals surface area contributed by atoms with Crippen molar-refractivity contribution in [3.05, 3.63) is 59.4 Å². The molecule has 7 heteroatoms. The van der Waals surface area contributed by atoms with Crippen molar-refractivity contribution >= 4 is 18.3 Å². The van der Waals surface area contributed by atoms with Crippen LogP contribution in [0.1, 0.15) is 81.9 Å². The maximum atomic E-state index is 14.0. The summed E-state index contributed by atoms with van der Waals surface area (Å²) in [5.74, 6) is 1.09. The predicted molar refractivity (Wildman–Crippen MR) is 126 cm³/mol. The molecule has 2 aliphatic rings. The topological polar surface area (TPSA) is 66.9 Å².